The first-order valence-corrected chi connectivity index (χ1v) is 7.61. The molecule has 2 aliphatic carbocycles. The van der Waals surface area contributed by atoms with Gasteiger partial charge in [-0.15, -0.1) is 0 Å². The van der Waals surface area contributed by atoms with Crippen LogP contribution >= 0.6 is 0 Å². The van der Waals surface area contributed by atoms with Crippen LogP contribution < -0.4 is 5.73 Å². The second-order valence-electron chi connectivity index (χ2n) is 8.26. The molecule has 4 atom stereocenters. The van der Waals surface area contributed by atoms with Crippen molar-refractivity contribution in [1.29, 1.82) is 0 Å². The topological polar surface area (TPSA) is 35.2 Å². The van der Waals surface area contributed by atoms with Crippen LogP contribution in [0.25, 0.3) is 0 Å². The first kappa shape index (κ1) is 14.3. The van der Waals surface area contributed by atoms with Crippen LogP contribution in [0.2, 0.25) is 0 Å². The predicted octanol–water partition coefficient (Wildman–Crippen LogP) is 3.73. The lowest BCUT2D eigenvalue weighted by atomic mass is 9.71. The molecule has 0 bridgehead atoms. The fraction of sp³-hybridized carbons (Fsp3) is 1.00. The van der Waals surface area contributed by atoms with Crippen molar-refractivity contribution < 1.29 is 4.74 Å². The highest BCUT2D eigenvalue weighted by atomic mass is 16.5. The summed E-state index contributed by atoms with van der Waals surface area (Å²) in [6, 6.07) is 0.206. The maximum Gasteiger partial charge on any atom is 0.0735 e. The lowest BCUT2D eigenvalue weighted by Crippen LogP contribution is -2.44. The second kappa shape index (κ2) is 4.79. The van der Waals surface area contributed by atoms with Gasteiger partial charge in [-0.3, -0.25) is 0 Å². The normalized spacial score (nSPS) is 43.0. The smallest absolute Gasteiger partial charge is 0.0735 e. The first-order valence-electron chi connectivity index (χ1n) is 7.61. The molecular weight excluding hydrogens is 222 g/mol. The lowest BCUT2D eigenvalue weighted by molar-refractivity contribution is -0.0712. The van der Waals surface area contributed by atoms with Gasteiger partial charge in [-0.2, -0.15) is 0 Å². The van der Waals surface area contributed by atoms with Crippen molar-refractivity contribution in [3.63, 3.8) is 0 Å². The highest BCUT2D eigenvalue weighted by Gasteiger charge is 2.42. The van der Waals surface area contributed by atoms with Gasteiger partial charge in [0.05, 0.1) is 12.2 Å². The number of ether oxygens (including phenoxy) is 1. The summed E-state index contributed by atoms with van der Waals surface area (Å²) in [4.78, 5) is 0. The maximum absolute atomic E-state index is 6.38. The molecule has 0 aromatic heterocycles. The highest BCUT2D eigenvalue weighted by molar-refractivity contribution is 4.96. The molecule has 0 radical (unpaired) electrons. The Hall–Kier alpha value is -0.0800. The van der Waals surface area contributed by atoms with Gasteiger partial charge in [0.25, 0.3) is 0 Å². The van der Waals surface area contributed by atoms with E-state index in [1.807, 2.05) is 0 Å². The van der Waals surface area contributed by atoms with E-state index < -0.39 is 0 Å². The van der Waals surface area contributed by atoms with E-state index in [0.717, 1.165) is 12.3 Å². The lowest BCUT2D eigenvalue weighted by Gasteiger charge is -2.40. The van der Waals surface area contributed by atoms with Crippen LogP contribution in [0.4, 0.5) is 0 Å². The van der Waals surface area contributed by atoms with Crippen LogP contribution in [0, 0.1) is 16.7 Å². The third kappa shape index (κ3) is 3.08. The molecule has 18 heavy (non-hydrogen) atoms. The summed E-state index contributed by atoms with van der Waals surface area (Å²) in [5, 5.41) is 0. The fourth-order valence-corrected chi connectivity index (χ4v) is 4.13. The van der Waals surface area contributed by atoms with E-state index in [1.165, 1.54) is 25.7 Å². The zero-order valence-corrected chi connectivity index (χ0v) is 12.8. The van der Waals surface area contributed by atoms with Crippen LogP contribution in [0.3, 0.4) is 0 Å². The van der Waals surface area contributed by atoms with Crippen molar-refractivity contribution in [1.82, 2.24) is 0 Å². The Morgan fingerprint density at radius 3 is 2.28 bits per heavy atom. The van der Waals surface area contributed by atoms with Crippen molar-refractivity contribution in [2.45, 2.75) is 85.0 Å². The van der Waals surface area contributed by atoms with Crippen LogP contribution in [-0.2, 0) is 4.74 Å². The average Bonchev–Trinajstić information content (AvgIpc) is 2.42. The Morgan fingerprint density at radius 2 is 1.78 bits per heavy atom. The minimum atomic E-state index is 0.206. The van der Waals surface area contributed by atoms with Crippen molar-refractivity contribution in [2.24, 2.45) is 22.5 Å². The fourth-order valence-electron chi connectivity index (χ4n) is 4.13. The molecule has 106 valence electrons. The van der Waals surface area contributed by atoms with Gasteiger partial charge in [-0.1, -0.05) is 34.6 Å². The van der Waals surface area contributed by atoms with Gasteiger partial charge < -0.3 is 10.5 Å². The first-order chi connectivity index (χ1) is 8.20. The summed E-state index contributed by atoms with van der Waals surface area (Å²) >= 11 is 0. The molecule has 2 nitrogen and oxygen atoms in total. The predicted molar refractivity (Wildman–Crippen MR) is 76.4 cm³/mol. The largest absolute Gasteiger partial charge is 0.373 e. The average molecular weight is 253 g/mol. The Bertz CT molecular complexity index is 297. The summed E-state index contributed by atoms with van der Waals surface area (Å²) in [6.07, 6.45) is 6.78. The van der Waals surface area contributed by atoms with Crippen LogP contribution in [0.1, 0.15) is 66.7 Å². The van der Waals surface area contributed by atoms with Crippen LogP contribution in [-0.4, -0.2) is 18.2 Å². The number of hydrogen-bond acceptors (Lipinski definition) is 2. The SMILES string of the molecule is CC1CC(OC2CCC(C)(C)C2N)CC(C)(C)C1. The Morgan fingerprint density at radius 1 is 1.11 bits per heavy atom. The summed E-state index contributed by atoms with van der Waals surface area (Å²) in [7, 11) is 0. The number of hydrogen-bond donors (Lipinski definition) is 1. The maximum atomic E-state index is 6.38. The van der Waals surface area contributed by atoms with E-state index in [4.69, 9.17) is 10.5 Å². The van der Waals surface area contributed by atoms with E-state index in [2.05, 4.69) is 34.6 Å². The molecule has 0 heterocycles. The zero-order chi connectivity index (χ0) is 13.6. The van der Waals surface area contributed by atoms with Crippen molar-refractivity contribution in [2.75, 3.05) is 0 Å². The van der Waals surface area contributed by atoms with E-state index in [0.29, 0.717) is 11.5 Å². The monoisotopic (exact) mass is 253 g/mol. The third-order valence-corrected chi connectivity index (χ3v) is 5.09. The van der Waals surface area contributed by atoms with Crippen LogP contribution in [0.15, 0.2) is 0 Å². The second-order valence-corrected chi connectivity index (χ2v) is 8.26. The standard InChI is InChI=1S/C16H31NO/c1-11-8-12(10-15(2,3)9-11)18-13-6-7-16(4,5)14(13)17/h11-14H,6-10,17H2,1-5H3. The zero-order valence-electron chi connectivity index (χ0n) is 12.8. The molecule has 4 unspecified atom stereocenters. The molecule has 2 aliphatic rings. The minimum Gasteiger partial charge on any atom is -0.373 e. The van der Waals surface area contributed by atoms with Gasteiger partial charge in [0, 0.05) is 6.04 Å². The molecule has 0 amide bonds. The van der Waals surface area contributed by atoms with Gasteiger partial charge in [-0.25, -0.2) is 0 Å². The van der Waals surface area contributed by atoms with Crippen molar-refractivity contribution in [3.05, 3.63) is 0 Å². The van der Waals surface area contributed by atoms with E-state index in [9.17, 15) is 0 Å². The molecule has 2 rings (SSSR count). The molecule has 0 spiro atoms. The van der Waals surface area contributed by atoms with Crippen molar-refractivity contribution in [3.8, 4) is 0 Å². The van der Waals surface area contributed by atoms with E-state index in [-0.39, 0.29) is 17.6 Å². The van der Waals surface area contributed by atoms with Gasteiger partial charge in [0.2, 0.25) is 0 Å². The quantitative estimate of drug-likeness (QED) is 0.814. The molecule has 2 N–H and O–H groups in total. The Kier molecular flexibility index (Phi) is 3.81. The number of nitrogens with two attached hydrogens (primary N) is 1. The summed E-state index contributed by atoms with van der Waals surface area (Å²) in [6.45, 7) is 11.6. The van der Waals surface area contributed by atoms with Gasteiger partial charge >= 0.3 is 0 Å². The summed E-state index contributed by atoms with van der Waals surface area (Å²) in [5.41, 5.74) is 7.03. The molecular formula is C16H31NO. The molecule has 2 saturated carbocycles. The highest BCUT2D eigenvalue weighted by Crippen LogP contribution is 2.43. The summed E-state index contributed by atoms with van der Waals surface area (Å²) < 4.78 is 6.38. The molecule has 0 aromatic rings. The third-order valence-electron chi connectivity index (χ3n) is 5.09. The van der Waals surface area contributed by atoms with E-state index >= 15 is 0 Å². The van der Waals surface area contributed by atoms with E-state index in [1.54, 1.807) is 0 Å². The Labute approximate surface area is 113 Å². The number of rotatable bonds is 2. The van der Waals surface area contributed by atoms with Crippen LogP contribution in [0.5, 0.6) is 0 Å². The molecule has 2 fully saturated rings. The minimum absolute atomic E-state index is 0.206. The van der Waals surface area contributed by atoms with Gasteiger partial charge in [0.15, 0.2) is 0 Å². The molecule has 0 saturated heterocycles. The molecule has 0 aromatic carbocycles. The Balaban J connectivity index is 1.94. The van der Waals surface area contributed by atoms with Gasteiger partial charge in [0.1, 0.15) is 0 Å². The van der Waals surface area contributed by atoms with Crippen molar-refractivity contribution >= 4 is 0 Å². The molecule has 0 aliphatic heterocycles. The summed E-state index contributed by atoms with van der Waals surface area (Å²) in [5.74, 6) is 0.782. The van der Waals surface area contributed by atoms with Gasteiger partial charge in [-0.05, 0) is 48.9 Å². The molecule has 2 heteroatoms.